The van der Waals surface area contributed by atoms with Gasteiger partial charge < -0.3 is 25.9 Å². The molecule has 0 bridgehead atoms. The molecule has 0 spiro atoms. The number of carbonyl (C=O) groups excluding carboxylic acids is 2. The van der Waals surface area contributed by atoms with E-state index < -0.39 is 0 Å². The third-order valence-electron chi connectivity index (χ3n) is 9.37. The fraction of sp³-hybridized carbons (Fsp3) is 0.200. The Hall–Kier alpha value is -6.96. The molecule has 2 aliphatic rings. The smallest absolute Gasteiger partial charge is 0.251 e. The van der Waals surface area contributed by atoms with Crippen molar-refractivity contribution in [1.29, 1.82) is 0 Å². The first-order valence-electron chi connectivity index (χ1n) is 17.3. The van der Waals surface area contributed by atoms with Crippen LogP contribution in [0.15, 0.2) is 96.2 Å². The zero-order chi connectivity index (χ0) is 37.9. The second kappa shape index (κ2) is 14.9. The lowest BCUT2D eigenvalue weighted by Gasteiger charge is -2.25. The predicted molar refractivity (Wildman–Crippen MR) is 197 cm³/mol. The fourth-order valence-electron chi connectivity index (χ4n) is 7.07. The number of nitrogens with zero attached hydrogens (tertiary/aromatic N) is 5. The average Bonchev–Trinajstić information content (AvgIpc) is 3.12. The van der Waals surface area contributed by atoms with Gasteiger partial charge >= 0.3 is 0 Å². The van der Waals surface area contributed by atoms with Crippen LogP contribution < -0.4 is 31.2 Å². The number of aryl methyl sites for hydroxylation is 2. The van der Waals surface area contributed by atoms with Crippen molar-refractivity contribution in [3.8, 4) is 23.0 Å². The van der Waals surface area contributed by atoms with E-state index in [1.807, 2.05) is 48.5 Å². The summed E-state index contributed by atoms with van der Waals surface area (Å²) in [5.74, 6) is 2.57. The summed E-state index contributed by atoms with van der Waals surface area (Å²) in [5, 5.41) is 9.35. The lowest BCUT2D eigenvalue weighted by atomic mass is 9.81. The van der Waals surface area contributed by atoms with Crippen molar-refractivity contribution >= 4 is 23.5 Å². The average molecular weight is 726 g/mol. The van der Waals surface area contributed by atoms with Crippen LogP contribution in [0.2, 0.25) is 0 Å². The van der Waals surface area contributed by atoms with E-state index in [2.05, 4.69) is 24.9 Å². The molecule has 6 N–H and O–H groups in total. The van der Waals surface area contributed by atoms with E-state index in [1.165, 1.54) is 24.7 Å². The van der Waals surface area contributed by atoms with Gasteiger partial charge in [0.05, 0.1) is 33.9 Å². The van der Waals surface area contributed by atoms with Crippen molar-refractivity contribution in [2.45, 2.75) is 51.4 Å². The van der Waals surface area contributed by atoms with Gasteiger partial charge in [-0.25, -0.2) is 19.9 Å². The molecule has 2 aliphatic carbocycles. The van der Waals surface area contributed by atoms with Crippen LogP contribution in [0.5, 0.6) is 23.0 Å². The van der Waals surface area contributed by atoms with Crippen molar-refractivity contribution in [1.82, 2.24) is 24.9 Å². The highest BCUT2D eigenvalue weighted by Crippen LogP contribution is 2.40. The van der Waals surface area contributed by atoms with Gasteiger partial charge in [0.25, 0.3) is 5.56 Å². The number of hydrogen-bond acceptors (Lipinski definition) is 12. The number of nitrogens with two attached hydrogens (primary N) is 2. The normalized spacial score (nSPS) is 16.0. The molecule has 4 heterocycles. The number of ketones is 2. The highest BCUT2D eigenvalue weighted by Gasteiger charge is 2.32. The molecule has 0 fully saturated rings. The maximum Gasteiger partial charge on any atom is 0.251 e. The quantitative estimate of drug-likeness (QED) is 0.126. The SMILES string of the molecule is Cc1nc(N)nc2c1C(=O)CC(c1ccccc1Oc1cc[n+](O)cc1)C2.Cc1nc(N)nc2c1C(=O)CC(c1ccccc1Oc1cc[nH]c(=O)c1)C2. The number of fused-ring (bicyclic) bond motifs is 2. The number of aromatic nitrogens is 6. The number of H-pyrrole nitrogens is 1. The van der Waals surface area contributed by atoms with Crippen molar-refractivity contribution in [3.05, 3.63) is 147 Å². The van der Waals surface area contributed by atoms with E-state index in [-0.39, 0.29) is 40.9 Å². The zero-order valence-electron chi connectivity index (χ0n) is 29.5. The van der Waals surface area contributed by atoms with Gasteiger partial charge in [-0.2, -0.15) is 0 Å². The number of rotatable bonds is 6. The van der Waals surface area contributed by atoms with Crippen LogP contribution in [0.25, 0.3) is 0 Å². The maximum absolute atomic E-state index is 12.7. The largest absolute Gasteiger partial charge is 0.457 e. The predicted octanol–water partition coefficient (Wildman–Crippen LogP) is 5.36. The Morgan fingerprint density at radius 1 is 0.667 bits per heavy atom. The lowest BCUT2D eigenvalue weighted by Crippen LogP contribution is -2.27. The fourth-order valence-corrected chi connectivity index (χ4v) is 7.07. The number of ether oxygens (including phenoxy) is 2. The summed E-state index contributed by atoms with van der Waals surface area (Å²) in [6, 6.07) is 21.6. The van der Waals surface area contributed by atoms with Gasteiger partial charge in [-0.3, -0.25) is 19.6 Å². The van der Waals surface area contributed by atoms with Crippen molar-refractivity contribution in [3.63, 3.8) is 0 Å². The first-order chi connectivity index (χ1) is 26.0. The Balaban J connectivity index is 0.000000167. The second-order valence-corrected chi connectivity index (χ2v) is 13.1. The van der Waals surface area contributed by atoms with Crippen LogP contribution in [0, 0.1) is 13.8 Å². The van der Waals surface area contributed by atoms with Crippen LogP contribution in [0.3, 0.4) is 0 Å². The summed E-state index contributed by atoms with van der Waals surface area (Å²) in [7, 11) is 0. The Morgan fingerprint density at radius 2 is 1.15 bits per heavy atom. The minimum atomic E-state index is -0.241. The summed E-state index contributed by atoms with van der Waals surface area (Å²) >= 11 is 0. The Bertz CT molecular complexity index is 2450. The van der Waals surface area contributed by atoms with Crippen molar-refractivity contribution in [2.75, 3.05) is 11.5 Å². The third kappa shape index (κ3) is 7.62. The third-order valence-corrected chi connectivity index (χ3v) is 9.37. The van der Waals surface area contributed by atoms with Crippen LogP contribution in [-0.2, 0) is 12.8 Å². The molecule has 0 saturated carbocycles. The molecule has 0 aliphatic heterocycles. The van der Waals surface area contributed by atoms with Crippen LogP contribution in [0.4, 0.5) is 11.9 Å². The number of nitrogens with one attached hydrogen (secondary N) is 1. The standard InChI is InChI=1S/2C20H18N4O3/c1-12-19-16(23-20(21)22-12)10-13(11-17(19)25)15-4-2-3-5-18(15)27-14-6-8-24(26)9-7-14;1-11-19-15(24-20(21)23-11)8-12(9-16(19)25)14-4-2-3-5-17(14)27-13-6-7-22-18(26)10-13/h2-9,13H,10-11H2,1H3,(H2-,21,22,23,25,26);2-7,10,12H,8-9H2,1H3,(H,22,26)(H2,21,23,24)/p+1. The molecule has 0 saturated heterocycles. The van der Waals surface area contributed by atoms with Crippen LogP contribution >= 0.6 is 0 Å². The molecule has 4 aromatic heterocycles. The van der Waals surface area contributed by atoms with Gasteiger partial charge in [0.1, 0.15) is 23.0 Å². The molecule has 8 rings (SSSR count). The minimum Gasteiger partial charge on any atom is -0.457 e. The van der Waals surface area contributed by atoms with Gasteiger partial charge in [-0.05, 0) is 56.0 Å². The highest BCUT2D eigenvalue weighted by molar-refractivity contribution is 6.00. The first kappa shape index (κ1) is 35.4. The van der Waals surface area contributed by atoms with Crippen molar-refractivity contribution < 1.29 is 29.0 Å². The summed E-state index contributed by atoms with van der Waals surface area (Å²) in [6.07, 6.45) is 6.39. The van der Waals surface area contributed by atoms with Gasteiger partial charge in [-0.15, -0.1) is 0 Å². The maximum atomic E-state index is 12.7. The molecule has 2 aromatic carbocycles. The van der Waals surface area contributed by atoms with Crippen LogP contribution in [-0.4, -0.2) is 41.7 Å². The number of anilines is 2. The molecule has 14 nitrogen and oxygen atoms in total. The van der Waals surface area contributed by atoms with E-state index >= 15 is 0 Å². The second-order valence-electron chi connectivity index (χ2n) is 13.1. The number of hydrogen-bond donors (Lipinski definition) is 4. The zero-order valence-corrected chi connectivity index (χ0v) is 29.5. The molecule has 2 unspecified atom stereocenters. The number of nitrogen functional groups attached to an aromatic ring is 2. The Kier molecular flexibility index (Phi) is 9.81. The first-order valence-corrected chi connectivity index (χ1v) is 17.3. The molecule has 2 atom stereocenters. The summed E-state index contributed by atoms with van der Waals surface area (Å²) < 4.78 is 12.9. The summed E-state index contributed by atoms with van der Waals surface area (Å²) in [6.45, 7) is 3.56. The topological polar surface area (TPSA) is 213 Å². The van der Waals surface area contributed by atoms with E-state index in [0.29, 0.717) is 82.6 Å². The molecular formula is C40H37N8O6+. The Morgan fingerprint density at radius 3 is 1.65 bits per heavy atom. The van der Waals surface area contributed by atoms with Gasteiger partial charge in [0.15, 0.2) is 11.6 Å². The number of pyridine rings is 2. The molecule has 0 radical (unpaired) electrons. The van der Waals surface area contributed by atoms with Crippen molar-refractivity contribution in [2.24, 2.45) is 0 Å². The molecule has 54 heavy (non-hydrogen) atoms. The minimum absolute atomic E-state index is 0.00436. The lowest BCUT2D eigenvalue weighted by molar-refractivity contribution is -0.904. The molecular weight excluding hydrogens is 688 g/mol. The van der Waals surface area contributed by atoms with E-state index in [9.17, 15) is 19.6 Å². The number of Topliss-reactive ketones (excluding diaryl/α,β-unsaturated/α-hetero) is 2. The van der Waals surface area contributed by atoms with E-state index in [0.717, 1.165) is 15.9 Å². The number of carbonyl (C=O) groups is 2. The highest BCUT2D eigenvalue weighted by atomic mass is 16.5. The molecule has 14 heteroatoms. The van der Waals surface area contributed by atoms with Gasteiger partial charge in [-0.1, -0.05) is 36.4 Å². The monoisotopic (exact) mass is 725 g/mol. The number of para-hydroxylation sites is 2. The molecule has 0 amide bonds. The Labute approximate surface area is 309 Å². The number of benzene rings is 2. The molecule has 6 aromatic rings. The number of aromatic amines is 1. The van der Waals surface area contributed by atoms with E-state index in [1.54, 1.807) is 32.0 Å². The molecule has 272 valence electrons. The van der Waals surface area contributed by atoms with Gasteiger partial charge in [0, 0.05) is 53.8 Å². The summed E-state index contributed by atoms with van der Waals surface area (Å²) in [4.78, 5) is 56.3. The van der Waals surface area contributed by atoms with Gasteiger partial charge in [0.2, 0.25) is 24.3 Å². The summed E-state index contributed by atoms with van der Waals surface area (Å²) in [5.41, 5.74) is 16.9. The van der Waals surface area contributed by atoms with Crippen LogP contribution in [0.1, 0.15) is 79.3 Å². The van der Waals surface area contributed by atoms with E-state index in [4.69, 9.17) is 20.9 Å².